The number of nitrogens with two attached hydrogens (primary N) is 1. The lowest BCUT2D eigenvalue weighted by Gasteiger charge is -2.20. The quantitative estimate of drug-likeness (QED) is 0.809. The molecule has 2 rings (SSSR count). The summed E-state index contributed by atoms with van der Waals surface area (Å²) in [5.74, 6) is 5.96. The monoisotopic (exact) mass is 270 g/mol. The predicted octanol–water partition coefficient (Wildman–Crippen LogP) is 3.08. The molecule has 2 N–H and O–H groups in total. The highest BCUT2D eigenvalue weighted by Gasteiger charge is 2.16. The lowest BCUT2D eigenvalue weighted by atomic mass is 9.88. The Bertz CT molecular complexity index is 726. The average Bonchev–Trinajstić information content (AvgIpc) is 2.39. The highest BCUT2D eigenvalue weighted by Crippen LogP contribution is 2.33. The minimum absolute atomic E-state index is 0.172. The van der Waals surface area contributed by atoms with Gasteiger partial charge in [-0.25, -0.2) is 4.68 Å². The summed E-state index contributed by atoms with van der Waals surface area (Å²) in [4.78, 5) is 11.9. The van der Waals surface area contributed by atoms with Crippen LogP contribution < -0.4 is 11.4 Å². The van der Waals surface area contributed by atoms with Crippen LogP contribution in [0.25, 0.3) is 11.3 Å². The first-order valence-corrected chi connectivity index (χ1v) is 6.81. The summed E-state index contributed by atoms with van der Waals surface area (Å²) in [6.45, 7) is 12.5. The van der Waals surface area contributed by atoms with Crippen LogP contribution in [0.15, 0.2) is 16.9 Å². The highest BCUT2D eigenvalue weighted by atomic mass is 16.1. The maximum absolute atomic E-state index is 11.9. The second-order valence-corrected chi connectivity index (χ2v) is 5.63. The molecule has 0 aliphatic heterocycles. The van der Waals surface area contributed by atoms with Gasteiger partial charge in [0.05, 0.1) is 5.69 Å². The number of hydrogen-bond acceptors (Lipinski definition) is 2. The molecule has 0 aliphatic rings. The number of aromatic nitrogens is 1. The second-order valence-electron chi connectivity index (χ2n) is 5.63. The van der Waals surface area contributed by atoms with Gasteiger partial charge >= 0.3 is 0 Å². The largest absolute Gasteiger partial charge is 0.336 e. The van der Waals surface area contributed by atoms with Crippen molar-refractivity contribution in [3.05, 3.63) is 55.9 Å². The molecule has 0 bridgehead atoms. The minimum atomic E-state index is -0.172. The van der Waals surface area contributed by atoms with Crippen molar-refractivity contribution in [1.29, 1.82) is 0 Å². The van der Waals surface area contributed by atoms with E-state index in [0.717, 1.165) is 16.8 Å². The van der Waals surface area contributed by atoms with Crippen molar-refractivity contribution in [3.8, 4) is 11.3 Å². The first kappa shape index (κ1) is 14.4. The number of pyridine rings is 1. The van der Waals surface area contributed by atoms with Crippen molar-refractivity contribution in [1.82, 2.24) is 4.68 Å². The van der Waals surface area contributed by atoms with Gasteiger partial charge in [-0.2, -0.15) is 0 Å². The molecule has 0 saturated carbocycles. The molecule has 0 saturated heterocycles. The number of nitrogens with zero attached hydrogens (tertiary/aromatic N) is 1. The van der Waals surface area contributed by atoms with Crippen molar-refractivity contribution in [2.45, 2.75) is 41.5 Å². The highest BCUT2D eigenvalue weighted by molar-refractivity contribution is 5.72. The molecule has 0 atom stereocenters. The summed E-state index contributed by atoms with van der Waals surface area (Å²) in [5.41, 5.74) is 8.84. The fraction of sp³-hybridized carbons (Fsp3) is 0.353. The number of nitrogen functional groups attached to an aromatic ring is 1. The first-order valence-electron chi connectivity index (χ1n) is 6.81. The minimum Gasteiger partial charge on any atom is -0.336 e. The topological polar surface area (TPSA) is 48.0 Å². The van der Waals surface area contributed by atoms with Crippen LogP contribution in [0.2, 0.25) is 0 Å². The molecule has 1 aromatic heterocycles. The third-order valence-corrected chi connectivity index (χ3v) is 4.47. The number of hydrogen-bond donors (Lipinski definition) is 1. The second kappa shape index (κ2) is 4.82. The van der Waals surface area contributed by atoms with E-state index >= 15 is 0 Å². The van der Waals surface area contributed by atoms with E-state index in [1.165, 1.54) is 32.5 Å². The third kappa shape index (κ3) is 2.03. The van der Waals surface area contributed by atoms with Gasteiger partial charge in [0.15, 0.2) is 0 Å². The Morgan fingerprint density at radius 2 is 1.25 bits per heavy atom. The first-order chi connectivity index (χ1) is 9.25. The molecule has 0 radical (unpaired) electrons. The van der Waals surface area contributed by atoms with Crippen LogP contribution in [0.5, 0.6) is 0 Å². The summed E-state index contributed by atoms with van der Waals surface area (Å²) in [5, 5.41) is 0. The summed E-state index contributed by atoms with van der Waals surface area (Å²) in [7, 11) is 0. The molecule has 106 valence electrons. The smallest absolute Gasteiger partial charge is 0.269 e. The van der Waals surface area contributed by atoms with Gasteiger partial charge in [0.25, 0.3) is 5.56 Å². The molecule has 2 aromatic rings. The summed E-state index contributed by atoms with van der Waals surface area (Å²) in [6.07, 6.45) is 0. The fourth-order valence-corrected chi connectivity index (χ4v) is 2.79. The zero-order valence-electron chi connectivity index (χ0n) is 13.1. The molecule has 1 heterocycles. The van der Waals surface area contributed by atoms with Gasteiger partial charge in [-0.3, -0.25) is 4.79 Å². The molecule has 0 unspecified atom stereocenters. The fourth-order valence-electron chi connectivity index (χ4n) is 2.79. The normalized spacial score (nSPS) is 10.9. The molecule has 3 heteroatoms. The van der Waals surface area contributed by atoms with Crippen molar-refractivity contribution in [3.63, 3.8) is 0 Å². The van der Waals surface area contributed by atoms with Gasteiger partial charge in [-0.15, -0.1) is 0 Å². The summed E-state index contributed by atoms with van der Waals surface area (Å²) in [6, 6.07) is 3.53. The number of rotatable bonds is 1. The van der Waals surface area contributed by atoms with E-state index in [1.807, 2.05) is 13.0 Å². The van der Waals surface area contributed by atoms with Crippen LogP contribution in [-0.4, -0.2) is 4.68 Å². The molecule has 20 heavy (non-hydrogen) atoms. The van der Waals surface area contributed by atoms with Crippen LogP contribution in [0.1, 0.15) is 33.4 Å². The van der Waals surface area contributed by atoms with E-state index in [0.29, 0.717) is 0 Å². The van der Waals surface area contributed by atoms with E-state index in [-0.39, 0.29) is 5.56 Å². The van der Waals surface area contributed by atoms with Gasteiger partial charge in [0, 0.05) is 11.6 Å². The van der Waals surface area contributed by atoms with Crippen molar-refractivity contribution in [2.24, 2.45) is 0 Å². The average molecular weight is 270 g/mol. The van der Waals surface area contributed by atoms with E-state index in [4.69, 9.17) is 5.84 Å². The maximum Gasteiger partial charge on any atom is 0.269 e. The molecule has 1 aromatic carbocycles. The van der Waals surface area contributed by atoms with Gasteiger partial charge in [0.2, 0.25) is 0 Å². The van der Waals surface area contributed by atoms with E-state index in [1.54, 1.807) is 6.07 Å². The molecule has 0 spiro atoms. The van der Waals surface area contributed by atoms with Crippen LogP contribution >= 0.6 is 0 Å². The Labute approximate surface area is 120 Å². The predicted molar refractivity (Wildman–Crippen MR) is 84.7 cm³/mol. The zero-order valence-corrected chi connectivity index (χ0v) is 13.1. The van der Waals surface area contributed by atoms with E-state index in [9.17, 15) is 4.79 Å². The lowest BCUT2D eigenvalue weighted by molar-refractivity contribution is 0.935. The van der Waals surface area contributed by atoms with E-state index < -0.39 is 0 Å². The van der Waals surface area contributed by atoms with Gasteiger partial charge in [-0.05, 0) is 81.0 Å². The van der Waals surface area contributed by atoms with Gasteiger partial charge < -0.3 is 5.84 Å². The molecule has 0 fully saturated rings. The summed E-state index contributed by atoms with van der Waals surface area (Å²) >= 11 is 0. The molecular formula is C17H22N2O. The molecular weight excluding hydrogens is 248 g/mol. The van der Waals surface area contributed by atoms with Crippen molar-refractivity contribution >= 4 is 0 Å². The SMILES string of the molecule is Cc1cc(-c2c(C)c(C)c(C)c(C)c2C)n(N)c(=O)c1. The van der Waals surface area contributed by atoms with Crippen molar-refractivity contribution < 1.29 is 0 Å². The maximum atomic E-state index is 11.9. The Morgan fingerprint density at radius 3 is 1.75 bits per heavy atom. The molecule has 3 nitrogen and oxygen atoms in total. The van der Waals surface area contributed by atoms with Crippen molar-refractivity contribution in [2.75, 3.05) is 5.84 Å². The number of benzene rings is 1. The Kier molecular flexibility index (Phi) is 3.46. The number of aryl methyl sites for hydroxylation is 1. The third-order valence-electron chi connectivity index (χ3n) is 4.47. The Hall–Kier alpha value is -2.03. The lowest BCUT2D eigenvalue weighted by Crippen LogP contribution is -2.28. The van der Waals surface area contributed by atoms with Gasteiger partial charge in [0.1, 0.15) is 0 Å². The Balaban J connectivity index is 2.94. The van der Waals surface area contributed by atoms with Gasteiger partial charge in [-0.1, -0.05) is 0 Å². The van der Waals surface area contributed by atoms with Crippen LogP contribution in [0.4, 0.5) is 0 Å². The molecule has 0 aliphatic carbocycles. The van der Waals surface area contributed by atoms with E-state index in [2.05, 4.69) is 34.6 Å². The standard InChI is InChI=1S/C17H22N2O/c1-9-7-15(19(18)16(20)8-9)17-13(5)11(3)10(2)12(4)14(17)6/h7-8H,18H2,1-6H3. The zero-order chi connectivity index (χ0) is 15.2. The van der Waals surface area contributed by atoms with Crippen LogP contribution in [0, 0.1) is 41.5 Å². The van der Waals surface area contributed by atoms with Crippen LogP contribution in [-0.2, 0) is 0 Å². The Morgan fingerprint density at radius 1 is 0.800 bits per heavy atom. The molecule has 0 amide bonds. The van der Waals surface area contributed by atoms with Crippen LogP contribution in [0.3, 0.4) is 0 Å². The summed E-state index contributed by atoms with van der Waals surface area (Å²) < 4.78 is 1.25.